The van der Waals surface area contributed by atoms with Crippen molar-refractivity contribution in [2.75, 3.05) is 38.7 Å². The van der Waals surface area contributed by atoms with Gasteiger partial charge in [0, 0.05) is 18.8 Å². The van der Waals surface area contributed by atoms with Crippen LogP contribution in [0.5, 0.6) is 5.75 Å². The Bertz CT molecular complexity index is 1250. The number of anilines is 1. The molecule has 3 fully saturated rings. The van der Waals surface area contributed by atoms with Crippen LogP contribution in [-0.2, 0) is 20.7 Å². The number of nitrogens with zero attached hydrogens (tertiary/aromatic N) is 1. The van der Waals surface area contributed by atoms with E-state index in [0.29, 0.717) is 18.9 Å². The summed E-state index contributed by atoms with van der Waals surface area (Å²) < 4.78 is 12.3. The zero-order valence-electron chi connectivity index (χ0n) is 26.9. The zero-order chi connectivity index (χ0) is 31.3. The molecule has 3 heterocycles. The molecular formula is C35H51N3O5Si. The SMILES string of the molecule is COc1ccc([Si](C)(C)[C@H]2[C@H](C)[C@H](CCc3ccc(NC(=O)C4CCCNC4)cc3)O[C@@H]2CC(=O)N2CCC[C@H]2CO)cc1. The third kappa shape index (κ3) is 7.38. The van der Waals surface area contributed by atoms with Crippen molar-refractivity contribution in [3.8, 4) is 5.75 Å². The molecule has 6 atom stereocenters. The number of aliphatic hydroxyl groups is 1. The number of ether oxygens (including phenoxy) is 2. The Morgan fingerprint density at radius 3 is 2.48 bits per heavy atom. The highest BCUT2D eigenvalue weighted by Crippen LogP contribution is 2.46. The van der Waals surface area contributed by atoms with Crippen LogP contribution in [0.3, 0.4) is 0 Å². The van der Waals surface area contributed by atoms with Crippen LogP contribution in [-0.4, -0.2) is 81.5 Å². The smallest absolute Gasteiger partial charge is 0.228 e. The molecule has 3 aliphatic rings. The van der Waals surface area contributed by atoms with Crippen molar-refractivity contribution in [3.05, 3.63) is 54.1 Å². The molecule has 2 aromatic carbocycles. The maximum Gasteiger partial charge on any atom is 0.228 e. The first-order valence-corrected chi connectivity index (χ1v) is 19.6. The summed E-state index contributed by atoms with van der Waals surface area (Å²) in [6.45, 7) is 9.59. The monoisotopic (exact) mass is 621 g/mol. The minimum absolute atomic E-state index is 0.0199. The molecule has 8 nitrogen and oxygen atoms in total. The molecule has 44 heavy (non-hydrogen) atoms. The average Bonchev–Trinajstić information content (AvgIpc) is 3.65. The van der Waals surface area contributed by atoms with E-state index in [1.165, 1.54) is 10.8 Å². The van der Waals surface area contributed by atoms with Gasteiger partial charge in [-0.1, -0.05) is 49.5 Å². The quantitative estimate of drug-likeness (QED) is 0.323. The lowest BCUT2D eigenvalue weighted by atomic mass is 9.95. The first kappa shape index (κ1) is 32.7. The number of benzene rings is 2. The lowest BCUT2D eigenvalue weighted by Gasteiger charge is -2.36. The number of hydrogen-bond acceptors (Lipinski definition) is 6. The Morgan fingerprint density at radius 1 is 1.07 bits per heavy atom. The van der Waals surface area contributed by atoms with Crippen molar-refractivity contribution in [3.63, 3.8) is 0 Å². The zero-order valence-corrected chi connectivity index (χ0v) is 27.9. The summed E-state index contributed by atoms with van der Waals surface area (Å²) in [6.07, 6.45) is 5.77. The third-order valence-corrected chi connectivity index (χ3v) is 14.8. The largest absolute Gasteiger partial charge is 0.497 e. The van der Waals surface area contributed by atoms with Gasteiger partial charge >= 0.3 is 0 Å². The van der Waals surface area contributed by atoms with Gasteiger partial charge in [-0.3, -0.25) is 9.59 Å². The molecule has 0 spiro atoms. The van der Waals surface area contributed by atoms with Gasteiger partial charge in [-0.15, -0.1) is 0 Å². The van der Waals surface area contributed by atoms with Crippen LogP contribution in [0.2, 0.25) is 18.6 Å². The summed E-state index contributed by atoms with van der Waals surface area (Å²) >= 11 is 0. The van der Waals surface area contributed by atoms with E-state index in [0.717, 1.165) is 63.1 Å². The number of piperidine rings is 1. The number of aryl methyl sites for hydroxylation is 1. The lowest BCUT2D eigenvalue weighted by molar-refractivity contribution is -0.135. The molecule has 2 aromatic rings. The second-order valence-corrected chi connectivity index (χ2v) is 18.3. The number of hydrogen-bond donors (Lipinski definition) is 3. The predicted octanol–water partition coefficient (Wildman–Crippen LogP) is 4.33. The van der Waals surface area contributed by atoms with Crippen LogP contribution in [0, 0.1) is 11.8 Å². The second kappa shape index (κ2) is 14.6. The molecule has 0 aliphatic carbocycles. The summed E-state index contributed by atoms with van der Waals surface area (Å²) in [5, 5.41) is 17.6. The summed E-state index contributed by atoms with van der Waals surface area (Å²) in [6, 6.07) is 16.6. The van der Waals surface area contributed by atoms with Crippen LogP contribution in [0.15, 0.2) is 48.5 Å². The standard InChI is InChI=1S/C35H51N3O5Si/c1-24-31(18-11-25-9-12-27(13-10-25)37-35(41)26-7-5-19-36-22-26)43-32(21-33(40)38-20-6-8-28(38)23-39)34(24)44(3,4)30-16-14-29(42-2)15-17-30/h9-10,12-17,24,26,28,31-32,34,36,39H,5-8,11,18-23H2,1-4H3,(H,37,41)/t24-,26?,28+,31+,32-,34+/m1/s1. The number of amides is 2. The summed E-state index contributed by atoms with van der Waals surface area (Å²) in [5.41, 5.74) is 2.32. The molecule has 0 aromatic heterocycles. The topological polar surface area (TPSA) is 100 Å². The van der Waals surface area contributed by atoms with Gasteiger partial charge in [-0.2, -0.15) is 0 Å². The number of carbonyl (C=O) groups excluding carboxylic acids is 2. The van der Waals surface area contributed by atoms with Crippen LogP contribution in [0.4, 0.5) is 5.69 Å². The van der Waals surface area contributed by atoms with E-state index < -0.39 is 8.07 Å². The fourth-order valence-electron chi connectivity index (χ4n) is 7.87. The Kier molecular flexibility index (Phi) is 10.8. The lowest BCUT2D eigenvalue weighted by Crippen LogP contribution is -2.51. The van der Waals surface area contributed by atoms with Gasteiger partial charge in [0.1, 0.15) is 5.75 Å². The Balaban J connectivity index is 1.27. The summed E-state index contributed by atoms with van der Waals surface area (Å²) in [5.74, 6) is 1.37. The molecule has 0 radical (unpaired) electrons. The number of rotatable bonds is 11. The Hall–Kier alpha value is -2.72. The predicted molar refractivity (Wildman–Crippen MR) is 177 cm³/mol. The van der Waals surface area contributed by atoms with E-state index in [-0.39, 0.29) is 48.1 Å². The molecule has 3 aliphatic heterocycles. The van der Waals surface area contributed by atoms with E-state index in [9.17, 15) is 14.7 Å². The average molecular weight is 622 g/mol. The van der Waals surface area contributed by atoms with Gasteiger partial charge in [-0.05, 0) is 86.4 Å². The maximum absolute atomic E-state index is 13.6. The minimum atomic E-state index is -2.07. The molecule has 3 saturated heterocycles. The normalized spacial score (nSPS) is 27.3. The first-order chi connectivity index (χ1) is 21.2. The summed E-state index contributed by atoms with van der Waals surface area (Å²) in [7, 11) is -0.385. The molecular weight excluding hydrogens is 570 g/mol. The van der Waals surface area contributed by atoms with Crippen LogP contribution in [0.25, 0.3) is 0 Å². The van der Waals surface area contributed by atoms with Crippen molar-refractivity contribution in [1.29, 1.82) is 0 Å². The Labute approximate surface area is 263 Å². The van der Waals surface area contributed by atoms with E-state index in [2.05, 4.69) is 54.9 Å². The van der Waals surface area contributed by atoms with Crippen LogP contribution < -0.4 is 20.6 Å². The second-order valence-electron chi connectivity index (χ2n) is 13.6. The highest BCUT2D eigenvalue weighted by Gasteiger charge is 2.51. The van der Waals surface area contributed by atoms with Gasteiger partial charge in [0.2, 0.25) is 11.8 Å². The van der Waals surface area contributed by atoms with E-state index in [4.69, 9.17) is 9.47 Å². The third-order valence-electron chi connectivity index (χ3n) is 10.5. The van der Waals surface area contributed by atoms with Crippen LogP contribution in [0.1, 0.15) is 51.0 Å². The number of methoxy groups -OCH3 is 1. The van der Waals surface area contributed by atoms with E-state index in [1.807, 2.05) is 29.2 Å². The molecule has 9 heteroatoms. The molecule has 3 N–H and O–H groups in total. The van der Waals surface area contributed by atoms with Gasteiger partial charge < -0.3 is 30.1 Å². The van der Waals surface area contributed by atoms with Gasteiger partial charge in [-0.25, -0.2) is 0 Å². The highest BCUT2D eigenvalue weighted by atomic mass is 28.3. The van der Waals surface area contributed by atoms with Crippen LogP contribution >= 0.6 is 0 Å². The van der Waals surface area contributed by atoms with E-state index in [1.54, 1.807) is 7.11 Å². The van der Waals surface area contributed by atoms with Gasteiger partial charge in [0.25, 0.3) is 0 Å². The molecule has 1 unspecified atom stereocenters. The van der Waals surface area contributed by atoms with Crippen molar-refractivity contribution in [2.45, 2.75) is 88.8 Å². The summed E-state index contributed by atoms with van der Waals surface area (Å²) in [4.78, 5) is 28.1. The van der Waals surface area contributed by atoms with Crippen molar-refractivity contribution in [2.24, 2.45) is 11.8 Å². The number of aliphatic hydroxyl groups excluding tert-OH is 1. The molecule has 2 amide bonds. The van der Waals surface area contributed by atoms with Gasteiger partial charge in [0.05, 0.1) is 52.4 Å². The fourth-order valence-corrected chi connectivity index (χ4v) is 11.9. The number of nitrogens with one attached hydrogen (secondary N) is 2. The number of likely N-dealkylation sites (tertiary alicyclic amines) is 1. The molecule has 0 bridgehead atoms. The molecule has 0 saturated carbocycles. The number of carbonyl (C=O) groups is 2. The van der Waals surface area contributed by atoms with Crippen molar-refractivity contribution >= 4 is 30.8 Å². The minimum Gasteiger partial charge on any atom is -0.497 e. The van der Waals surface area contributed by atoms with Crippen molar-refractivity contribution in [1.82, 2.24) is 10.2 Å². The fraction of sp³-hybridized carbons (Fsp3) is 0.600. The van der Waals surface area contributed by atoms with E-state index >= 15 is 0 Å². The molecule has 240 valence electrons. The maximum atomic E-state index is 13.6. The Morgan fingerprint density at radius 2 is 1.82 bits per heavy atom. The van der Waals surface area contributed by atoms with Gasteiger partial charge in [0.15, 0.2) is 0 Å². The molecule has 5 rings (SSSR count). The first-order valence-electron chi connectivity index (χ1n) is 16.5. The van der Waals surface area contributed by atoms with Crippen molar-refractivity contribution < 1.29 is 24.2 Å². The highest BCUT2D eigenvalue weighted by molar-refractivity contribution is 6.91.